The zero-order valence-electron chi connectivity index (χ0n) is 9.61. The van der Waals surface area contributed by atoms with E-state index in [9.17, 15) is 5.11 Å². The average molecular weight is 304 g/mol. The summed E-state index contributed by atoms with van der Waals surface area (Å²) in [6, 6.07) is 3.23. The molecule has 2 aromatic rings. The Hall–Kier alpha value is -0.810. The van der Waals surface area contributed by atoms with E-state index in [-0.39, 0.29) is 6.61 Å². The first-order chi connectivity index (χ1) is 8.60. The standard InChI is InChI=1S/C12H11Cl2NO2S/c1-7-15-4-10(18-7)6-17-12-8(5-16)2-9(13)3-11(12)14/h2-4,16H,5-6H2,1H3. The number of thiazole rings is 1. The van der Waals surface area contributed by atoms with Crippen molar-refractivity contribution in [2.75, 3.05) is 0 Å². The van der Waals surface area contributed by atoms with Crippen molar-refractivity contribution >= 4 is 34.5 Å². The van der Waals surface area contributed by atoms with E-state index in [4.69, 9.17) is 27.9 Å². The summed E-state index contributed by atoms with van der Waals surface area (Å²) in [7, 11) is 0. The summed E-state index contributed by atoms with van der Waals surface area (Å²) in [6.07, 6.45) is 1.77. The fourth-order valence-corrected chi connectivity index (χ4v) is 2.81. The molecule has 0 amide bonds. The van der Waals surface area contributed by atoms with Crippen LogP contribution in [-0.4, -0.2) is 10.1 Å². The van der Waals surface area contributed by atoms with Gasteiger partial charge in [0, 0.05) is 16.8 Å². The van der Waals surface area contributed by atoms with Crippen LogP contribution in [-0.2, 0) is 13.2 Å². The molecule has 0 spiro atoms. The van der Waals surface area contributed by atoms with Crippen molar-refractivity contribution in [3.63, 3.8) is 0 Å². The van der Waals surface area contributed by atoms with Crippen LogP contribution in [0.5, 0.6) is 5.75 Å². The lowest BCUT2D eigenvalue weighted by Crippen LogP contribution is -1.98. The van der Waals surface area contributed by atoms with E-state index in [1.807, 2.05) is 6.92 Å². The molecule has 0 aliphatic rings. The van der Waals surface area contributed by atoms with E-state index >= 15 is 0 Å². The zero-order valence-corrected chi connectivity index (χ0v) is 11.9. The van der Waals surface area contributed by atoms with Gasteiger partial charge in [-0.3, -0.25) is 0 Å². The molecule has 0 bridgehead atoms. The van der Waals surface area contributed by atoms with Crippen LogP contribution in [0.2, 0.25) is 10.0 Å². The summed E-state index contributed by atoms with van der Waals surface area (Å²) in [4.78, 5) is 5.15. The van der Waals surface area contributed by atoms with Gasteiger partial charge in [-0.05, 0) is 19.1 Å². The molecule has 0 saturated carbocycles. The molecule has 2 rings (SSSR count). The number of aromatic nitrogens is 1. The maximum absolute atomic E-state index is 9.26. The van der Waals surface area contributed by atoms with E-state index in [1.165, 1.54) is 0 Å². The van der Waals surface area contributed by atoms with Gasteiger partial charge in [-0.2, -0.15) is 0 Å². The molecule has 3 nitrogen and oxygen atoms in total. The van der Waals surface area contributed by atoms with Crippen LogP contribution in [0.4, 0.5) is 0 Å². The number of aliphatic hydroxyl groups excluding tert-OH is 1. The van der Waals surface area contributed by atoms with E-state index in [0.717, 1.165) is 9.88 Å². The third-order valence-corrected chi connectivity index (χ3v) is 3.67. The van der Waals surface area contributed by atoms with Gasteiger partial charge >= 0.3 is 0 Å². The SMILES string of the molecule is Cc1ncc(COc2c(Cl)cc(Cl)cc2CO)s1. The molecule has 0 fully saturated rings. The van der Waals surface area contributed by atoms with Crippen LogP contribution in [0.3, 0.4) is 0 Å². The molecular weight excluding hydrogens is 293 g/mol. The molecule has 0 atom stereocenters. The molecule has 1 heterocycles. The minimum Gasteiger partial charge on any atom is -0.486 e. The molecule has 0 saturated heterocycles. The molecule has 1 N–H and O–H groups in total. The number of hydrogen-bond acceptors (Lipinski definition) is 4. The Morgan fingerprint density at radius 3 is 2.78 bits per heavy atom. The monoisotopic (exact) mass is 303 g/mol. The number of ether oxygens (including phenoxy) is 1. The summed E-state index contributed by atoms with van der Waals surface area (Å²) in [5, 5.41) is 11.1. The predicted octanol–water partition coefficient (Wildman–Crippen LogP) is 3.83. The Bertz CT molecular complexity index is 557. The van der Waals surface area contributed by atoms with Gasteiger partial charge in [0.1, 0.15) is 12.4 Å². The minimum atomic E-state index is -0.169. The highest BCUT2D eigenvalue weighted by Gasteiger charge is 2.11. The van der Waals surface area contributed by atoms with Crippen molar-refractivity contribution in [2.24, 2.45) is 0 Å². The number of hydrogen-bond donors (Lipinski definition) is 1. The Kier molecular flexibility index (Phi) is 4.45. The number of aliphatic hydroxyl groups is 1. The minimum absolute atomic E-state index is 0.169. The highest BCUT2D eigenvalue weighted by Crippen LogP contribution is 2.33. The second-order valence-corrected chi connectivity index (χ2v) is 5.83. The van der Waals surface area contributed by atoms with E-state index in [1.54, 1.807) is 29.7 Å². The van der Waals surface area contributed by atoms with Gasteiger partial charge in [-0.15, -0.1) is 11.3 Å². The molecule has 1 aromatic heterocycles. The van der Waals surface area contributed by atoms with E-state index in [0.29, 0.717) is 28.0 Å². The smallest absolute Gasteiger partial charge is 0.144 e. The van der Waals surface area contributed by atoms with Crippen LogP contribution >= 0.6 is 34.5 Å². The maximum Gasteiger partial charge on any atom is 0.144 e. The quantitative estimate of drug-likeness (QED) is 0.933. The lowest BCUT2D eigenvalue weighted by atomic mass is 10.2. The third kappa shape index (κ3) is 3.14. The molecule has 0 unspecified atom stereocenters. The molecule has 0 aliphatic heterocycles. The van der Waals surface area contributed by atoms with Crippen molar-refractivity contribution in [2.45, 2.75) is 20.1 Å². The summed E-state index contributed by atoms with van der Waals surface area (Å²) < 4.78 is 5.63. The highest BCUT2D eigenvalue weighted by atomic mass is 35.5. The molecule has 0 aliphatic carbocycles. The maximum atomic E-state index is 9.26. The van der Waals surface area contributed by atoms with E-state index < -0.39 is 0 Å². The Balaban J connectivity index is 2.18. The lowest BCUT2D eigenvalue weighted by Gasteiger charge is -2.11. The number of rotatable bonds is 4. The molecule has 0 radical (unpaired) electrons. The molecule has 96 valence electrons. The van der Waals surface area contributed by atoms with Gasteiger partial charge in [-0.25, -0.2) is 4.98 Å². The fraction of sp³-hybridized carbons (Fsp3) is 0.250. The number of halogens is 2. The Labute approximate surface area is 119 Å². The Morgan fingerprint density at radius 2 is 2.17 bits per heavy atom. The summed E-state index contributed by atoms with van der Waals surface area (Å²) in [5.41, 5.74) is 0.578. The van der Waals surface area contributed by atoms with Gasteiger partial charge in [0.05, 0.1) is 21.5 Å². The normalized spacial score (nSPS) is 10.7. The van der Waals surface area contributed by atoms with Crippen molar-refractivity contribution in [1.29, 1.82) is 0 Å². The largest absolute Gasteiger partial charge is 0.486 e. The van der Waals surface area contributed by atoms with Gasteiger partial charge in [0.15, 0.2) is 0 Å². The topological polar surface area (TPSA) is 42.4 Å². The first-order valence-corrected chi connectivity index (χ1v) is 6.80. The van der Waals surface area contributed by atoms with Gasteiger partial charge in [0.25, 0.3) is 0 Å². The van der Waals surface area contributed by atoms with Crippen LogP contribution in [0.15, 0.2) is 18.3 Å². The van der Waals surface area contributed by atoms with Crippen LogP contribution in [0, 0.1) is 6.92 Å². The number of benzene rings is 1. The second kappa shape index (κ2) is 5.89. The zero-order chi connectivity index (χ0) is 13.1. The van der Waals surface area contributed by atoms with Crippen molar-refractivity contribution in [3.8, 4) is 5.75 Å². The molecular formula is C12H11Cl2NO2S. The summed E-state index contributed by atoms with van der Waals surface area (Å²) in [5.74, 6) is 0.467. The lowest BCUT2D eigenvalue weighted by molar-refractivity contribution is 0.260. The first kappa shape index (κ1) is 13.6. The molecule has 6 heteroatoms. The summed E-state index contributed by atoms with van der Waals surface area (Å²) in [6.45, 7) is 2.14. The van der Waals surface area contributed by atoms with Gasteiger partial charge in [-0.1, -0.05) is 23.2 Å². The number of aryl methyl sites for hydroxylation is 1. The van der Waals surface area contributed by atoms with Crippen LogP contribution in [0.25, 0.3) is 0 Å². The fourth-order valence-electron chi connectivity index (χ4n) is 1.51. The molecule has 1 aromatic carbocycles. The predicted molar refractivity (Wildman–Crippen MR) is 73.6 cm³/mol. The first-order valence-electron chi connectivity index (χ1n) is 5.23. The second-order valence-electron chi connectivity index (χ2n) is 3.67. The van der Waals surface area contributed by atoms with Crippen molar-refractivity contribution < 1.29 is 9.84 Å². The van der Waals surface area contributed by atoms with Crippen LogP contribution < -0.4 is 4.74 Å². The van der Waals surface area contributed by atoms with Gasteiger partial charge < -0.3 is 9.84 Å². The summed E-state index contributed by atoms with van der Waals surface area (Å²) >= 11 is 13.5. The van der Waals surface area contributed by atoms with Crippen molar-refractivity contribution in [3.05, 3.63) is 43.8 Å². The third-order valence-electron chi connectivity index (χ3n) is 2.28. The van der Waals surface area contributed by atoms with E-state index in [2.05, 4.69) is 4.98 Å². The van der Waals surface area contributed by atoms with Crippen LogP contribution in [0.1, 0.15) is 15.4 Å². The molecule has 18 heavy (non-hydrogen) atoms. The average Bonchev–Trinajstić information content (AvgIpc) is 2.73. The highest BCUT2D eigenvalue weighted by molar-refractivity contribution is 7.11. The van der Waals surface area contributed by atoms with Gasteiger partial charge in [0.2, 0.25) is 0 Å². The Morgan fingerprint density at radius 1 is 1.39 bits per heavy atom. The van der Waals surface area contributed by atoms with Crippen molar-refractivity contribution in [1.82, 2.24) is 4.98 Å². The number of nitrogens with zero attached hydrogens (tertiary/aromatic N) is 1.